The highest BCUT2D eigenvalue weighted by Crippen LogP contribution is 2.46. The van der Waals surface area contributed by atoms with Crippen LogP contribution in [0.2, 0.25) is 0 Å². The Labute approximate surface area is 212 Å². The van der Waals surface area contributed by atoms with Crippen LogP contribution in [-0.4, -0.2) is 42.1 Å². The third-order valence-electron chi connectivity index (χ3n) is 5.92. The van der Waals surface area contributed by atoms with Crippen molar-refractivity contribution in [3.8, 4) is 29.7 Å². The predicted octanol–water partition coefficient (Wildman–Crippen LogP) is 4.04. The maximum Gasteiger partial charge on any atom is 0.290 e. The SMILES string of the molecule is C#CCN(Cc1ccc(OC)cc1)c1cc(OCC2CC2c2ccc(OC)cn2)nn(C)c1=O.CC. The lowest BCUT2D eigenvalue weighted by atomic mass is 10.2. The first-order valence-corrected chi connectivity index (χ1v) is 12.0. The van der Waals surface area contributed by atoms with Crippen molar-refractivity contribution in [2.75, 3.05) is 32.3 Å². The van der Waals surface area contributed by atoms with Gasteiger partial charge in [-0.3, -0.25) is 9.78 Å². The predicted molar refractivity (Wildman–Crippen MR) is 141 cm³/mol. The number of terminal acetylenes is 1. The molecule has 0 spiro atoms. The van der Waals surface area contributed by atoms with E-state index >= 15 is 0 Å². The smallest absolute Gasteiger partial charge is 0.290 e. The quantitative estimate of drug-likeness (QED) is 0.397. The molecule has 4 rings (SSSR count). The van der Waals surface area contributed by atoms with Gasteiger partial charge in [0.2, 0.25) is 5.88 Å². The van der Waals surface area contributed by atoms with Crippen LogP contribution < -0.4 is 24.7 Å². The van der Waals surface area contributed by atoms with Crippen LogP contribution in [0, 0.1) is 18.3 Å². The molecule has 2 aromatic heterocycles. The third-order valence-corrected chi connectivity index (χ3v) is 5.92. The van der Waals surface area contributed by atoms with Crippen molar-refractivity contribution in [2.45, 2.75) is 32.7 Å². The Morgan fingerprint density at radius 3 is 2.42 bits per heavy atom. The summed E-state index contributed by atoms with van der Waals surface area (Å²) in [6.45, 7) is 5.25. The molecule has 3 aromatic rings. The fourth-order valence-electron chi connectivity index (χ4n) is 3.87. The van der Waals surface area contributed by atoms with Crippen molar-refractivity contribution in [3.05, 3.63) is 70.3 Å². The maximum atomic E-state index is 12.9. The molecule has 1 aromatic carbocycles. The fraction of sp³-hybridized carbons (Fsp3) is 0.393. The highest BCUT2D eigenvalue weighted by Gasteiger charge is 2.40. The summed E-state index contributed by atoms with van der Waals surface area (Å²) in [7, 11) is 4.86. The zero-order valence-corrected chi connectivity index (χ0v) is 21.6. The number of hydrogen-bond acceptors (Lipinski definition) is 7. The van der Waals surface area contributed by atoms with Crippen molar-refractivity contribution in [3.63, 3.8) is 0 Å². The lowest BCUT2D eigenvalue weighted by Crippen LogP contribution is -2.32. The average molecular weight is 491 g/mol. The van der Waals surface area contributed by atoms with Crippen LogP contribution in [0.3, 0.4) is 0 Å². The topological polar surface area (TPSA) is 78.7 Å². The molecule has 190 valence electrons. The number of aryl methyl sites for hydroxylation is 1. The maximum absolute atomic E-state index is 12.9. The lowest BCUT2D eigenvalue weighted by Gasteiger charge is -2.22. The van der Waals surface area contributed by atoms with Crippen LogP contribution in [0.4, 0.5) is 5.69 Å². The van der Waals surface area contributed by atoms with Gasteiger partial charge in [-0.05, 0) is 36.2 Å². The molecule has 1 fully saturated rings. The van der Waals surface area contributed by atoms with Gasteiger partial charge in [0, 0.05) is 37.2 Å². The minimum atomic E-state index is -0.233. The number of benzene rings is 1. The van der Waals surface area contributed by atoms with Crippen LogP contribution >= 0.6 is 0 Å². The van der Waals surface area contributed by atoms with Crippen LogP contribution in [0.15, 0.2) is 53.5 Å². The summed E-state index contributed by atoms with van der Waals surface area (Å²) >= 11 is 0. The molecule has 8 nitrogen and oxygen atoms in total. The Kier molecular flexibility index (Phi) is 9.34. The van der Waals surface area contributed by atoms with Gasteiger partial charge < -0.3 is 19.1 Å². The standard InChI is InChI=1S/C26H28N4O4.C2H6/c1-5-12-30(16-18-6-8-20(32-3)9-7-18)24-14-25(28-29(2)26(24)31)34-17-19-13-22(19)23-11-10-21(33-4)15-27-23;1-2/h1,6-11,14-15,19,22H,12-13,16-17H2,2-4H3;1-2H3. The number of aromatic nitrogens is 3. The van der Waals surface area contributed by atoms with Gasteiger partial charge in [0.25, 0.3) is 5.56 Å². The van der Waals surface area contributed by atoms with E-state index in [1.54, 1.807) is 33.5 Å². The Morgan fingerprint density at radius 1 is 1.11 bits per heavy atom. The molecule has 2 heterocycles. The first kappa shape index (κ1) is 26.6. The van der Waals surface area contributed by atoms with E-state index in [1.165, 1.54) is 4.68 Å². The average Bonchev–Trinajstić information content (AvgIpc) is 3.70. The van der Waals surface area contributed by atoms with Crippen molar-refractivity contribution < 1.29 is 14.2 Å². The Morgan fingerprint density at radius 2 is 1.81 bits per heavy atom. The summed E-state index contributed by atoms with van der Waals surface area (Å²) in [6, 6.07) is 13.2. The van der Waals surface area contributed by atoms with E-state index in [0.29, 0.717) is 36.6 Å². The second-order valence-electron chi connectivity index (χ2n) is 8.24. The molecule has 0 radical (unpaired) electrons. The Balaban J connectivity index is 0.00000176. The van der Waals surface area contributed by atoms with Gasteiger partial charge in [-0.2, -0.15) is 0 Å². The van der Waals surface area contributed by atoms with Gasteiger partial charge in [0.15, 0.2) is 0 Å². The first-order chi connectivity index (χ1) is 17.5. The molecular weight excluding hydrogens is 456 g/mol. The Bertz CT molecular complexity index is 1220. The van der Waals surface area contributed by atoms with Gasteiger partial charge in [0.1, 0.15) is 17.2 Å². The molecule has 2 atom stereocenters. The normalized spacial score (nSPS) is 15.7. The fourth-order valence-corrected chi connectivity index (χ4v) is 3.87. The molecule has 1 aliphatic carbocycles. The highest BCUT2D eigenvalue weighted by atomic mass is 16.5. The highest BCUT2D eigenvalue weighted by molar-refractivity contribution is 5.48. The largest absolute Gasteiger partial charge is 0.497 e. The summed E-state index contributed by atoms with van der Waals surface area (Å²) in [4.78, 5) is 19.2. The number of pyridine rings is 1. The molecule has 0 bridgehead atoms. The minimum absolute atomic E-state index is 0.233. The summed E-state index contributed by atoms with van der Waals surface area (Å²) in [5.41, 5.74) is 2.25. The molecule has 1 saturated carbocycles. The zero-order valence-electron chi connectivity index (χ0n) is 21.6. The van der Waals surface area contributed by atoms with Crippen molar-refractivity contribution >= 4 is 5.69 Å². The first-order valence-electron chi connectivity index (χ1n) is 12.0. The molecule has 2 unspecified atom stereocenters. The van der Waals surface area contributed by atoms with Crippen LogP contribution in [0.25, 0.3) is 0 Å². The van der Waals surface area contributed by atoms with Gasteiger partial charge in [-0.25, -0.2) is 4.68 Å². The van der Waals surface area contributed by atoms with Crippen LogP contribution in [-0.2, 0) is 13.6 Å². The van der Waals surface area contributed by atoms with Crippen LogP contribution in [0.5, 0.6) is 17.4 Å². The molecule has 0 saturated heterocycles. The number of rotatable bonds is 10. The molecule has 0 N–H and O–H groups in total. The molecule has 36 heavy (non-hydrogen) atoms. The molecule has 8 heteroatoms. The van der Waals surface area contributed by atoms with Gasteiger partial charge >= 0.3 is 0 Å². The monoisotopic (exact) mass is 490 g/mol. The van der Waals surface area contributed by atoms with Gasteiger partial charge in [-0.1, -0.05) is 31.9 Å². The second-order valence-corrected chi connectivity index (χ2v) is 8.24. The zero-order chi connectivity index (χ0) is 26.1. The second kappa shape index (κ2) is 12.6. The number of anilines is 1. The Hall–Kier alpha value is -3.99. The van der Waals surface area contributed by atoms with Crippen molar-refractivity contribution in [1.82, 2.24) is 14.8 Å². The van der Waals surface area contributed by atoms with E-state index in [9.17, 15) is 4.79 Å². The van der Waals surface area contributed by atoms with Crippen LogP contribution in [0.1, 0.15) is 37.4 Å². The van der Waals surface area contributed by atoms with E-state index in [-0.39, 0.29) is 12.1 Å². The van der Waals surface area contributed by atoms with Crippen molar-refractivity contribution in [1.29, 1.82) is 0 Å². The molecule has 0 aliphatic heterocycles. The molecule has 1 aliphatic rings. The third kappa shape index (κ3) is 6.57. The van der Waals surface area contributed by atoms with Gasteiger partial charge in [-0.15, -0.1) is 11.5 Å². The van der Waals surface area contributed by atoms with E-state index < -0.39 is 0 Å². The van der Waals surface area contributed by atoms with Crippen molar-refractivity contribution in [2.24, 2.45) is 13.0 Å². The van der Waals surface area contributed by atoms with E-state index in [1.807, 2.05) is 55.1 Å². The van der Waals surface area contributed by atoms with E-state index in [4.69, 9.17) is 20.6 Å². The summed E-state index contributed by atoms with van der Waals surface area (Å²) in [5, 5.41) is 4.28. The summed E-state index contributed by atoms with van der Waals surface area (Å²) < 4.78 is 17.7. The number of methoxy groups -OCH3 is 2. The molecular formula is C28H34N4O4. The molecule has 0 amide bonds. The summed E-state index contributed by atoms with van der Waals surface area (Å²) in [6.07, 6.45) is 8.34. The number of nitrogens with zero attached hydrogens (tertiary/aromatic N) is 4. The summed E-state index contributed by atoms with van der Waals surface area (Å²) in [5.74, 6) is 5.25. The number of hydrogen-bond donors (Lipinski definition) is 0. The van der Waals surface area contributed by atoms with Gasteiger partial charge in [0.05, 0.1) is 33.6 Å². The lowest BCUT2D eigenvalue weighted by molar-refractivity contribution is 0.278. The van der Waals surface area contributed by atoms with E-state index in [0.717, 1.165) is 29.2 Å². The minimum Gasteiger partial charge on any atom is -0.497 e. The van der Waals surface area contributed by atoms with E-state index in [2.05, 4.69) is 16.0 Å². The number of ether oxygens (including phenoxy) is 3.